The lowest BCUT2D eigenvalue weighted by atomic mass is 10.1. The van der Waals surface area contributed by atoms with Crippen molar-refractivity contribution in [2.24, 2.45) is 7.05 Å². The molecule has 0 saturated carbocycles. The van der Waals surface area contributed by atoms with Crippen LogP contribution in [0.3, 0.4) is 0 Å². The molecule has 0 aliphatic heterocycles. The van der Waals surface area contributed by atoms with Crippen LogP contribution in [0.25, 0.3) is 0 Å². The third-order valence-electron chi connectivity index (χ3n) is 3.15. The van der Waals surface area contributed by atoms with Crippen LogP contribution in [-0.2, 0) is 13.6 Å². The number of aromatic nitrogens is 2. The molecule has 0 amide bonds. The summed E-state index contributed by atoms with van der Waals surface area (Å²) in [5.74, 6) is 0.563. The third-order valence-corrected chi connectivity index (χ3v) is 3.15. The summed E-state index contributed by atoms with van der Waals surface area (Å²) in [6, 6.07) is 4.45. The maximum Gasteiger partial charge on any atom is 0.127 e. The summed E-state index contributed by atoms with van der Waals surface area (Å²) in [5, 5.41) is 9.74. The molecule has 1 aromatic carbocycles. The van der Waals surface area contributed by atoms with Crippen molar-refractivity contribution in [3.63, 3.8) is 0 Å². The summed E-state index contributed by atoms with van der Waals surface area (Å²) < 4.78 is 15.2. The molecule has 4 nitrogen and oxygen atoms in total. The summed E-state index contributed by atoms with van der Waals surface area (Å²) >= 11 is 0. The molecule has 1 aromatic heterocycles. The minimum Gasteiger partial charge on any atom is -0.389 e. The zero-order valence-electron chi connectivity index (χ0n) is 11.3. The lowest BCUT2D eigenvalue weighted by molar-refractivity contribution is 0.199. The van der Waals surface area contributed by atoms with Gasteiger partial charge in [0.1, 0.15) is 11.6 Å². The molecule has 1 N–H and O–H groups in total. The summed E-state index contributed by atoms with van der Waals surface area (Å²) in [7, 11) is 3.82. The molecule has 0 aliphatic carbocycles. The van der Waals surface area contributed by atoms with Crippen LogP contribution in [0.1, 0.15) is 24.4 Å². The van der Waals surface area contributed by atoms with Crippen LogP contribution >= 0.6 is 0 Å². The number of aliphatic hydroxyl groups excluding tert-OH is 1. The number of aryl methyl sites for hydroxylation is 1. The number of nitrogens with zero attached hydrogens (tertiary/aromatic N) is 3. The van der Waals surface area contributed by atoms with Gasteiger partial charge in [0.05, 0.1) is 12.6 Å². The third kappa shape index (κ3) is 2.93. The molecule has 1 atom stereocenters. The Balaban J connectivity index is 2.28. The Labute approximate surface area is 112 Å². The second kappa shape index (κ2) is 5.40. The molecule has 0 bridgehead atoms. The van der Waals surface area contributed by atoms with Gasteiger partial charge in [0.2, 0.25) is 0 Å². The van der Waals surface area contributed by atoms with Gasteiger partial charge in [0, 0.05) is 37.7 Å². The quantitative estimate of drug-likeness (QED) is 0.920. The van der Waals surface area contributed by atoms with E-state index in [4.69, 9.17) is 0 Å². The van der Waals surface area contributed by atoms with E-state index in [1.807, 2.05) is 29.8 Å². The van der Waals surface area contributed by atoms with E-state index < -0.39 is 6.10 Å². The van der Waals surface area contributed by atoms with Crippen molar-refractivity contribution in [1.29, 1.82) is 0 Å². The van der Waals surface area contributed by atoms with Crippen LogP contribution in [0.4, 0.5) is 10.1 Å². The average molecular weight is 263 g/mol. The first-order chi connectivity index (χ1) is 8.99. The van der Waals surface area contributed by atoms with Gasteiger partial charge in [-0.2, -0.15) is 0 Å². The highest BCUT2D eigenvalue weighted by Crippen LogP contribution is 2.27. The SMILES string of the molecule is C[C@@H](O)c1cc(F)ccc1N(C)Cc1nccn1C. The zero-order valence-corrected chi connectivity index (χ0v) is 11.3. The fourth-order valence-corrected chi connectivity index (χ4v) is 2.05. The monoisotopic (exact) mass is 263 g/mol. The maximum atomic E-state index is 13.3. The molecule has 0 radical (unpaired) electrons. The van der Waals surface area contributed by atoms with E-state index in [0.29, 0.717) is 12.1 Å². The number of rotatable bonds is 4. The first kappa shape index (κ1) is 13.5. The largest absolute Gasteiger partial charge is 0.389 e. The molecular weight excluding hydrogens is 245 g/mol. The molecule has 0 fully saturated rings. The molecule has 0 aliphatic rings. The minimum atomic E-state index is -0.713. The summed E-state index contributed by atoms with van der Waals surface area (Å²) in [5.41, 5.74) is 1.39. The Bertz CT molecular complexity index is 566. The van der Waals surface area contributed by atoms with Crippen molar-refractivity contribution in [3.05, 3.63) is 47.8 Å². The highest BCUT2D eigenvalue weighted by atomic mass is 19.1. The topological polar surface area (TPSA) is 41.3 Å². The molecule has 0 unspecified atom stereocenters. The van der Waals surface area contributed by atoms with E-state index in [2.05, 4.69) is 4.98 Å². The Morgan fingerprint density at radius 1 is 1.47 bits per heavy atom. The van der Waals surface area contributed by atoms with Crippen LogP contribution in [0.2, 0.25) is 0 Å². The highest BCUT2D eigenvalue weighted by molar-refractivity contribution is 5.54. The van der Waals surface area contributed by atoms with E-state index in [-0.39, 0.29) is 5.82 Å². The Kier molecular flexibility index (Phi) is 3.85. The van der Waals surface area contributed by atoms with E-state index in [0.717, 1.165) is 11.5 Å². The van der Waals surface area contributed by atoms with Crippen molar-refractivity contribution < 1.29 is 9.50 Å². The first-order valence-electron chi connectivity index (χ1n) is 6.14. The molecule has 0 saturated heterocycles. The average Bonchev–Trinajstić information content (AvgIpc) is 2.74. The van der Waals surface area contributed by atoms with Gasteiger partial charge in [-0.15, -0.1) is 0 Å². The van der Waals surface area contributed by atoms with Crippen LogP contribution in [0.5, 0.6) is 0 Å². The first-order valence-corrected chi connectivity index (χ1v) is 6.14. The molecule has 0 spiro atoms. The molecule has 102 valence electrons. The van der Waals surface area contributed by atoms with Gasteiger partial charge in [0.15, 0.2) is 0 Å². The number of aliphatic hydroxyl groups is 1. The van der Waals surface area contributed by atoms with Gasteiger partial charge in [0.25, 0.3) is 0 Å². The second-order valence-electron chi connectivity index (χ2n) is 4.69. The van der Waals surface area contributed by atoms with E-state index in [9.17, 15) is 9.50 Å². The molecule has 2 rings (SSSR count). The number of hydrogen-bond donors (Lipinski definition) is 1. The number of anilines is 1. The van der Waals surface area contributed by atoms with Crippen LogP contribution in [-0.4, -0.2) is 21.7 Å². The van der Waals surface area contributed by atoms with Crippen LogP contribution < -0.4 is 4.90 Å². The van der Waals surface area contributed by atoms with Crippen molar-refractivity contribution in [3.8, 4) is 0 Å². The number of benzene rings is 1. The van der Waals surface area contributed by atoms with Crippen LogP contribution in [0, 0.1) is 5.82 Å². The Morgan fingerprint density at radius 2 is 2.21 bits per heavy atom. The second-order valence-corrected chi connectivity index (χ2v) is 4.69. The summed E-state index contributed by atoms with van der Waals surface area (Å²) in [4.78, 5) is 6.21. The zero-order chi connectivity index (χ0) is 14.0. The smallest absolute Gasteiger partial charge is 0.127 e. The fraction of sp³-hybridized carbons (Fsp3) is 0.357. The van der Waals surface area contributed by atoms with Crippen molar-refractivity contribution in [2.75, 3.05) is 11.9 Å². The van der Waals surface area contributed by atoms with Crippen molar-refractivity contribution in [1.82, 2.24) is 9.55 Å². The van der Waals surface area contributed by atoms with Gasteiger partial charge < -0.3 is 14.6 Å². The number of hydrogen-bond acceptors (Lipinski definition) is 3. The molecule has 5 heteroatoms. The van der Waals surface area contributed by atoms with Gasteiger partial charge in [-0.3, -0.25) is 0 Å². The lowest BCUT2D eigenvalue weighted by Crippen LogP contribution is -2.21. The predicted octanol–water partition coefficient (Wildman–Crippen LogP) is 2.25. The van der Waals surface area contributed by atoms with E-state index in [1.165, 1.54) is 12.1 Å². The predicted molar refractivity (Wildman–Crippen MR) is 72.3 cm³/mol. The Hall–Kier alpha value is -1.88. The van der Waals surface area contributed by atoms with Crippen molar-refractivity contribution in [2.45, 2.75) is 19.6 Å². The standard InChI is InChI=1S/C14H18FN3O/c1-10(19)12-8-11(15)4-5-13(12)18(3)9-14-16-6-7-17(14)2/h4-8,10,19H,9H2,1-3H3/t10-/m1/s1. The van der Waals surface area contributed by atoms with E-state index >= 15 is 0 Å². The maximum absolute atomic E-state index is 13.3. The van der Waals surface area contributed by atoms with Gasteiger partial charge in [-0.05, 0) is 25.1 Å². The molecule has 2 aromatic rings. The Morgan fingerprint density at radius 3 is 2.79 bits per heavy atom. The van der Waals surface area contributed by atoms with Crippen LogP contribution in [0.15, 0.2) is 30.6 Å². The number of halogens is 1. The molecule has 19 heavy (non-hydrogen) atoms. The lowest BCUT2D eigenvalue weighted by Gasteiger charge is -2.23. The van der Waals surface area contributed by atoms with Crippen molar-refractivity contribution >= 4 is 5.69 Å². The van der Waals surface area contributed by atoms with Gasteiger partial charge in [-0.25, -0.2) is 9.37 Å². The van der Waals surface area contributed by atoms with Gasteiger partial charge >= 0.3 is 0 Å². The molecule has 1 heterocycles. The number of imidazole rings is 1. The fourth-order valence-electron chi connectivity index (χ4n) is 2.05. The highest BCUT2D eigenvalue weighted by Gasteiger charge is 2.14. The minimum absolute atomic E-state index is 0.343. The summed E-state index contributed by atoms with van der Waals surface area (Å²) in [6.07, 6.45) is 2.90. The molecular formula is C14H18FN3O. The summed E-state index contributed by atoms with van der Waals surface area (Å²) in [6.45, 7) is 2.22. The van der Waals surface area contributed by atoms with Gasteiger partial charge in [-0.1, -0.05) is 0 Å². The van der Waals surface area contributed by atoms with E-state index in [1.54, 1.807) is 19.2 Å². The normalized spacial score (nSPS) is 12.5.